The van der Waals surface area contributed by atoms with Crippen molar-refractivity contribution in [3.63, 3.8) is 0 Å². The Morgan fingerprint density at radius 1 is 1.15 bits per heavy atom. The lowest BCUT2D eigenvalue weighted by Crippen LogP contribution is -2.10. The maximum absolute atomic E-state index is 5.54. The van der Waals surface area contributed by atoms with E-state index in [0.29, 0.717) is 5.92 Å². The Morgan fingerprint density at radius 3 is 3.00 bits per heavy atom. The number of methoxy groups -OCH3 is 1. The van der Waals surface area contributed by atoms with E-state index in [2.05, 4.69) is 45.6 Å². The molecule has 1 aliphatic heterocycles. The Morgan fingerprint density at radius 2 is 2.08 bits per heavy atom. The summed E-state index contributed by atoms with van der Waals surface area (Å²) in [5.41, 5.74) is 6.84. The van der Waals surface area contributed by atoms with Gasteiger partial charge in [-0.05, 0) is 42.0 Å². The van der Waals surface area contributed by atoms with E-state index >= 15 is 0 Å². The first kappa shape index (κ1) is 15.0. The van der Waals surface area contributed by atoms with Gasteiger partial charge >= 0.3 is 0 Å². The first-order valence-electron chi connectivity index (χ1n) is 8.78. The topological polar surface area (TPSA) is 49.9 Å². The van der Waals surface area contributed by atoms with Crippen molar-refractivity contribution in [3.8, 4) is 16.9 Å². The van der Waals surface area contributed by atoms with Gasteiger partial charge < -0.3 is 15.0 Å². The summed E-state index contributed by atoms with van der Waals surface area (Å²) >= 11 is 0. The number of ether oxygens (including phenoxy) is 1. The molecule has 1 aliphatic carbocycles. The van der Waals surface area contributed by atoms with Gasteiger partial charge in [0.25, 0.3) is 0 Å². The van der Waals surface area contributed by atoms with Crippen LogP contribution < -0.4 is 10.1 Å². The number of rotatable bonds is 3. The molecule has 1 unspecified atom stereocenters. The quantitative estimate of drug-likeness (QED) is 0.729. The van der Waals surface area contributed by atoms with Crippen molar-refractivity contribution in [1.82, 2.24) is 15.3 Å². The van der Waals surface area contributed by atoms with Crippen molar-refractivity contribution < 1.29 is 4.74 Å². The maximum atomic E-state index is 5.54. The van der Waals surface area contributed by atoms with Gasteiger partial charge in [0, 0.05) is 40.5 Å². The fourth-order valence-electron chi connectivity index (χ4n) is 3.80. The van der Waals surface area contributed by atoms with Crippen LogP contribution in [0.5, 0.6) is 5.75 Å². The molecule has 26 heavy (non-hydrogen) atoms. The van der Waals surface area contributed by atoms with Gasteiger partial charge in [0.15, 0.2) is 0 Å². The number of fused-ring (bicyclic) bond motifs is 2. The van der Waals surface area contributed by atoms with Crippen LogP contribution in [0, 0.1) is 5.92 Å². The fourth-order valence-corrected chi connectivity index (χ4v) is 3.80. The van der Waals surface area contributed by atoms with Gasteiger partial charge in [-0.3, -0.25) is 0 Å². The zero-order valence-electron chi connectivity index (χ0n) is 14.5. The van der Waals surface area contributed by atoms with Crippen LogP contribution in [0.4, 0.5) is 0 Å². The minimum atomic E-state index is 0.450. The van der Waals surface area contributed by atoms with Crippen LogP contribution in [-0.4, -0.2) is 17.1 Å². The third-order valence-electron chi connectivity index (χ3n) is 5.18. The van der Waals surface area contributed by atoms with E-state index in [9.17, 15) is 0 Å². The number of allylic oxidation sites excluding steroid dienone is 4. The Kier molecular flexibility index (Phi) is 3.42. The van der Waals surface area contributed by atoms with E-state index < -0.39 is 0 Å². The average Bonchev–Trinajstić information content (AvgIpc) is 3.33. The second kappa shape index (κ2) is 5.92. The molecule has 128 valence electrons. The zero-order valence-corrected chi connectivity index (χ0v) is 14.5. The van der Waals surface area contributed by atoms with E-state index in [1.165, 1.54) is 16.8 Å². The molecule has 0 bridgehead atoms. The Labute approximate surface area is 151 Å². The van der Waals surface area contributed by atoms with E-state index in [1.54, 1.807) is 7.11 Å². The number of benzene rings is 1. The lowest BCUT2D eigenvalue weighted by molar-refractivity contribution is 0.416. The Bertz CT molecular complexity index is 1090. The summed E-state index contributed by atoms with van der Waals surface area (Å²) in [6.45, 7) is 0. The normalized spacial score (nSPS) is 18.3. The highest BCUT2D eigenvalue weighted by molar-refractivity contribution is 5.96. The second-order valence-electron chi connectivity index (χ2n) is 6.65. The molecule has 2 N–H and O–H groups in total. The molecular weight excluding hydrogens is 322 g/mol. The highest BCUT2D eigenvalue weighted by Crippen LogP contribution is 2.37. The van der Waals surface area contributed by atoms with Crippen LogP contribution in [0.1, 0.15) is 12.0 Å². The van der Waals surface area contributed by atoms with E-state index in [4.69, 9.17) is 4.74 Å². The lowest BCUT2D eigenvalue weighted by Gasteiger charge is -2.18. The van der Waals surface area contributed by atoms with Crippen molar-refractivity contribution in [2.45, 2.75) is 6.42 Å². The molecule has 2 aliphatic rings. The van der Waals surface area contributed by atoms with Gasteiger partial charge in [-0.2, -0.15) is 0 Å². The number of aromatic nitrogens is 2. The van der Waals surface area contributed by atoms with Crippen molar-refractivity contribution >= 4 is 16.6 Å². The average molecular weight is 341 g/mol. The van der Waals surface area contributed by atoms with E-state index in [-0.39, 0.29) is 0 Å². The van der Waals surface area contributed by atoms with Crippen LogP contribution in [-0.2, 0) is 0 Å². The number of nitrogens with zero attached hydrogens (tertiary/aromatic N) is 1. The molecular formula is C22H19N3O. The Hall–Kier alpha value is -3.27. The molecule has 0 saturated carbocycles. The minimum absolute atomic E-state index is 0.450. The fraction of sp³-hybridized carbons (Fsp3) is 0.136. The van der Waals surface area contributed by atoms with E-state index in [0.717, 1.165) is 34.3 Å². The van der Waals surface area contributed by atoms with Gasteiger partial charge in [0.1, 0.15) is 11.4 Å². The summed E-state index contributed by atoms with van der Waals surface area (Å²) in [4.78, 5) is 7.94. The number of nitrogens with one attached hydrogen (secondary N) is 2. The van der Waals surface area contributed by atoms with E-state index in [1.807, 2.05) is 36.8 Å². The summed E-state index contributed by atoms with van der Waals surface area (Å²) < 4.78 is 5.54. The van der Waals surface area contributed by atoms with Gasteiger partial charge in [-0.1, -0.05) is 30.4 Å². The van der Waals surface area contributed by atoms with Crippen LogP contribution in [0.2, 0.25) is 0 Å². The monoisotopic (exact) mass is 341 g/mol. The highest BCUT2D eigenvalue weighted by Gasteiger charge is 2.21. The molecule has 0 spiro atoms. The molecule has 5 rings (SSSR count). The molecule has 1 atom stereocenters. The molecule has 3 aromatic rings. The summed E-state index contributed by atoms with van der Waals surface area (Å²) in [5, 5.41) is 4.41. The Balaban J connectivity index is 1.61. The molecule has 0 fully saturated rings. The third kappa shape index (κ3) is 2.34. The predicted molar refractivity (Wildman–Crippen MR) is 105 cm³/mol. The zero-order chi connectivity index (χ0) is 17.5. The minimum Gasteiger partial charge on any atom is -0.496 e. The van der Waals surface area contributed by atoms with Crippen molar-refractivity contribution in [3.05, 3.63) is 78.4 Å². The first-order chi connectivity index (χ1) is 12.8. The molecule has 4 heteroatoms. The molecule has 1 aromatic carbocycles. The van der Waals surface area contributed by atoms with Gasteiger partial charge in [0.2, 0.25) is 0 Å². The third-order valence-corrected chi connectivity index (χ3v) is 5.18. The molecule has 4 nitrogen and oxygen atoms in total. The molecule has 2 aromatic heterocycles. The summed E-state index contributed by atoms with van der Waals surface area (Å²) in [6.07, 6.45) is 13.6. The van der Waals surface area contributed by atoms with Crippen LogP contribution in [0.3, 0.4) is 0 Å². The highest BCUT2D eigenvalue weighted by atomic mass is 16.5. The van der Waals surface area contributed by atoms with Crippen molar-refractivity contribution in [2.75, 3.05) is 7.11 Å². The SMILES string of the molecule is COc1ccccc1-c1c[nH]c2ncc(C3=CC=C4NC=CC4C3)cc12. The largest absolute Gasteiger partial charge is 0.496 e. The van der Waals surface area contributed by atoms with Crippen molar-refractivity contribution in [1.29, 1.82) is 0 Å². The summed E-state index contributed by atoms with van der Waals surface area (Å²) in [5.74, 6) is 1.32. The molecule has 0 amide bonds. The number of H-pyrrole nitrogens is 1. The number of hydrogen-bond donors (Lipinski definition) is 2. The standard InChI is InChI=1S/C22H19N3O/c1-26-21-5-3-2-4-17(21)19-13-25-22-18(19)11-16(12-24-22)14-6-7-20-15(10-14)8-9-23-20/h2-9,11-13,15,23H,10H2,1H3,(H,24,25). The predicted octanol–water partition coefficient (Wildman–Crippen LogP) is 4.64. The number of para-hydroxylation sites is 1. The summed E-state index contributed by atoms with van der Waals surface area (Å²) in [6, 6.07) is 10.3. The van der Waals surface area contributed by atoms with Crippen LogP contribution >= 0.6 is 0 Å². The second-order valence-corrected chi connectivity index (χ2v) is 6.65. The number of aromatic amines is 1. The van der Waals surface area contributed by atoms with Gasteiger partial charge in [-0.25, -0.2) is 4.98 Å². The molecule has 0 radical (unpaired) electrons. The van der Waals surface area contributed by atoms with Gasteiger partial charge in [-0.15, -0.1) is 0 Å². The number of pyridine rings is 1. The smallest absolute Gasteiger partial charge is 0.137 e. The summed E-state index contributed by atoms with van der Waals surface area (Å²) in [7, 11) is 1.71. The molecule has 3 heterocycles. The van der Waals surface area contributed by atoms with Gasteiger partial charge in [0.05, 0.1) is 7.11 Å². The lowest BCUT2D eigenvalue weighted by atomic mass is 9.89. The molecule has 0 saturated heterocycles. The number of hydrogen-bond acceptors (Lipinski definition) is 3. The van der Waals surface area contributed by atoms with Crippen molar-refractivity contribution in [2.24, 2.45) is 5.92 Å². The first-order valence-corrected chi connectivity index (χ1v) is 8.78. The van der Waals surface area contributed by atoms with Crippen LogP contribution in [0.15, 0.2) is 72.9 Å². The maximum Gasteiger partial charge on any atom is 0.137 e. The van der Waals surface area contributed by atoms with Crippen LogP contribution in [0.25, 0.3) is 27.7 Å².